The van der Waals surface area contributed by atoms with E-state index in [9.17, 15) is 15.0 Å². The third-order valence-electron chi connectivity index (χ3n) is 6.14. The van der Waals surface area contributed by atoms with Gasteiger partial charge in [0.25, 0.3) is 0 Å². The second kappa shape index (κ2) is 12.5. The topological polar surface area (TPSA) is 82.1 Å². The first-order valence-corrected chi connectivity index (χ1v) is 11.2. The van der Waals surface area contributed by atoms with Gasteiger partial charge < -0.3 is 20.2 Å². The van der Waals surface area contributed by atoms with Gasteiger partial charge in [-0.1, -0.05) is 62.6 Å². The molecule has 1 aliphatic rings. The lowest BCUT2D eigenvalue weighted by Crippen LogP contribution is -2.19. The SMILES string of the molecule is [C-]#[N+][C@@H]1C[C@@H](O)[C@H](c2ccc(C(O)CCCCC)cc2)[C@H]1C/C=C\CCCC(=O)O. The van der Waals surface area contributed by atoms with Crippen LogP contribution in [0, 0.1) is 12.5 Å². The highest BCUT2D eigenvalue weighted by molar-refractivity contribution is 5.66. The molecule has 0 spiro atoms. The molecule has 0 radical (unpaired) electrons. The maximum Gasteiger partial charge on any atom is 0.303 e. The van der Waals surface area contributed by atoms with Crippen molar-refractivity contribution in [2.45, 2.75) is 88.9 Å². The second-order valence-electron chi connectivity index (χ2n) is 8.36. The third kappa shape index (κ3) is 6.97. The number of hydrogen-bond donors (Lipinski definition) is 3. The van der Waals surface area contributed by atoms with Gasteiger partial charge in [0.15, 0.2) is 0 Å². The van der Waals surface area contributed by atoms with Crippen LogP contribution in [0.1, 0.15) is 87.9 Å². The van der Waals surface area contributed by atoms with Crippen molar-refractivity contribution in [1.29, 1.82) is 0 Å². The molecule has 0 amide bonds. The van der Waals surface area contributed by atoms with Crippen LogP contribution in [-0.4, -0.2) is 33.4 Å². The number of nitrogens with zero attached hydrogens (tertiary/aromatic N) is 1. The fourth-order valence-corrected chi connectivity index (χ4v) is 4.45. The Morgan fingerprint density at radius 3 is 2.60 bits per heavy atom. The Labute approximate surface area is 180 Å². The first-order valence-electron chi connectivity index (χ1n) is 11.2. The summed E-state index contributed by atoms with van der Waals surface area (Å²) in [4.78, 5) is 14.3. The predicted molar refractivity (Wildman–Crippen MR) is 118 cm³/mol. The summed E-state index contributed by atoms with van der Waals surface area (Å²) in [7, 11) is 0. The molecule has 5 heteroatoms. The molecule has 0 bridgehead atoms. The molecule has 5 nitrogen and oxygen atoms in total. The lowest BCUT2D eigenvalue weighted by molar-refractivity contribution is -0.137. The Morgan fingerprint density at radius 1 is 1.23 bits per heavy atom. The molecule has 5 atom stereocenters. The number of aliphatic carboxylic acids is 1. The molecule has 0 saturated heterocycles. The number of rotatable bonds is 12. The van der Waals surface area contributed by atoms with Crippen molar-refractivity contribution in [2.24, 2.45) is 5.92 Å². The van der Waals surface area contributed by atoms with Crippen LogP contribution in [0.4, 0.5) is 0 Å². The number of allylic oxidation sites excluding steroid dienone is 2. The van der Waals surface area contributed by atoms with Crippen molar-refractivity contribution >= 4 is 5.97 Å². The summed E-state index contributed by atoms with van der Waals surface area (Å²) in [6.45, 7) is 9.67. The fourth-order valence-electron chi connectivity index (χ4n) is 4.45. The first-order chi connectivity index (χ1) is 14.5. The van der Waals surface area contributed by atoms with Crippen molar-refractivity contribution < 1.29 is 20.1 Å². The van der Waals surface area contributed by atoms with Crippen molar-refractivity contribution in [3.63, 3.8) is 0 Å². The summed E-state index contributed by atoms with van der Waals surface area (Å²) in [6, 6.07) is 7.66. The Balaban J connectivity index is 2.02. The Morgan fingerprint density at radius 2 is 1.97 bits per heavy atom. The van der Waals surface area contributed by atoms with Crippen molar-refractivity contribution in [3.05, 3.63) is 59.0 Å². The Hall–Kier alpha value is -2.16. The van der Waals surface area contributed by atoms with Gasteiger partial charge in [-0.05, 0) is 36.8 Å². The maximum atomic E-state index is 10.7. The molecule has 1 saturated carbocycles. The minimum absolute atomic E-state index is 0.0357. The maximum absolute atomic E-state index is 10.7. The highest BCUT2D eigenvalue weighted by Gasteiger charge is 2.46. The van der Waals surface area contributed by atoms with E-state index in [-0.39, 0.29) is 24.3 Å². The van der Waals surface area contributed by atoms with Crippen molar-refractivity contribution in [1.82, 2.24) is 0 Å². The van der Waals surface area contributed by atoms with E-state index in [2.05, 4.69) is 11.8 Å². The van der Waals surface area contributed by atoms with E-state index in [4.69, 9.17) is 11.7 Å². The average molecular weight is 414 g/mol. The zero-order chi connectivity index (χ0) is 21.9. The van der Waals surface area contributed by atoms with E-state index in [0.717, 1.165) is 36.8 Å². The molecule has 0 heterocycles. The highest BCUT2D eigenvalue weighted by atomic mass is 16.4. The van der Waals surface area contributed by atoms with Gasteiger partial charge in [0.1, 0.15) is 0 Å². The number of unbranched alkanes of at least 4 members (excludes halogenated alkanes) is 3. The van der Waals surface area contributed by atoms with E-state index in [0.29, 0.717) is 25.7 Å². The first kappa shape index (κ1) is 24.1. The molecule has 1 fully saturated rings. The summed E-state index contributed by atoms with van der Waals surface area (Å²) in [5.41, 5.74) is 1.92. The molecule has 30 heavy (non-hydrogen) atoms. The third-order valence-corrected chi connectivity index (χ3v) is 6.14. The lowest BCUT2D eigenvalue weighted by atomic mass is 9.83. The molecule has 1 unspecified atom stereocenters. The number of carboxylic acid groups (broad SMARTS) is 1. The van der Waals surface area contributed by atoms with E-state index in [1.165, 1.54) is 0 Å². The van der Waals surface area contributed by atoms with E-state index < -0.39 is 18.2 Å². The minimum atomic E-state index is -0.783. The van der Waals surface area contributed by atoms with Crippen LogP contribution in [0.2, 0.25) is 0 Å². The monoisotopic (exact) mass is 413 g/mol. The zero-order valence-corrected chi connectivity index (χ0v) is 17.9. The van der Waals surface area contributed by atoms with Gasteiger partial charge >= 0.3 is 5.97 Å². The molecule has 3 N–H and O–H groups in total. The molecular formula is C25H35NO4. The van der Waals surface area contributed by atoms with Gasteiger partial charge in [-0.25, -0.2) is 6.57 Å². The van der Waals surface area contributed by atoms with Crippen molar-refractivity contribution in [2.75, 3.05) is 0 Å². The second-order valence-corrected chi connectivity index (χ2v) is 8.36. The van der Waals surface area contributed by atoms with Gasteiger partial charge in [-0.15, -0.1) is 0 Å². The fraction of sp³-hybridized carbons (Fsp3) is 0.600. The number of aliphatic hydroxyl groups is 2. The van der Waals surface area contributed by atoms with Crippen LogP contribution >= 0.6 is 0 Å². The summed E-state index contributed by atoms with van der Waals surface area (Å²) in [5, 5.41) is 29.7. The number of carbonyl (C=O) groups is 1. The van der Waals surface area contributed by atoms with E-state index >= 15 is 0 Å². The van der Waals surface area contributed by atoms with Gasteiger partial charge in [-0.3, -0.25) is 4.79 Å². The molecule has 2 rings (SSSR count). The molecule has 0 aromatic heterocycles. The molecule has 164 valence electrons. The van der Waals surface area contributed by atoms with Crippen LogP contribution < -0.4 is 0 Å². The minimum Gasteiger partial charge on any atom is -0.481 e. The summed E-state index contributed by atoms with van der Waals surface area (Å²) >= 11 is 0. The van der Waals surface area contributed by atoms with Crippen LogP contribution in [0.5, 0.6) is 0 Å². The normalized spacial score (nSPS) is 24.7. The van der Waals surface area contributed by atoms with Gasteiger partial charge in [-0.2, -0.15) is 0 Å². The Kier molecular flexibility index (Phi) is 10.1. The van der Waals surface area contributed by atoms with E-state index in [1.807, 2.05) is 36.4 Å². The van der Waals surface area contributed by atoms with Gasteiger partial charge in [0.2, 0.25) is 6.04 Å². The van der Waals surface area contributed by atoms with Crippen LogP contribution in [0.15, 0.2) is 36.4 Å². The molecule has 1 aliphatic carbocycles. The quantitative estimate of drug-likeness (QED) is 0.248. The Bertz CT molecular complexity index is 722. The molecular weight excluding hydrogens is 378 g/mol. The summed E-state index contributed by atoms with van der Waals surface area (Å²) in [5.74, 6) is -0.845. The summed E-state index contributed by atoms with van der Waals surface area (Å²) in [6.07, 6.45) is 9.68. The number of hydrogen-bond acceptors (Lipinski definition) is 3. The average Bonchev–Trinajstić information content (AvgIpc) is 3.05. The molecule has 1 aromatic carbocycles. The van der Waals surface area contributed by atoms with Gasteiger partial charge in [0.05, 0.1) is 12.2 Å². The van der Waals surface area contributed by atoms with Crippen LogP contribution in [-0.2, 0) is 4.79 Å². The smallest absolute Gasteiger partial charge is 0.303 e. The largest absolute Gasteiger partial charge is 0.481 e. The zero-order valence-electron chi connectivity index (χ0n) is 17.9. The van der Waals surface area contributed by atoms with E-state index in [1.54, 1.807) is 0 Å². The standard InChI is InChI=1S/C25H35NO4/c1-3-4-7-11-22(27)18-13-15-19(16-14-18)25-20(21(26-2)17-23(25)28)10-8-5-6-9-12-24(29)30/h5,8,13-16,20-23,25,27-28H,3-4,6-7,9-12,17H2,1H3,(H,29,30)/b8-5-/t20-,21+,22?,23+,25+/m0/s1. The molecule has 1 aromatic rings. The number of aliphatic hydroxyl groups excluding tert-OH is 2. The van der Waals surface area contributed by atoms with Crippen LogP contribution in [0.3, 0.4) is 0 Å². The predicted octanol–water partition coefficient (Wildman–Crippen LogP) is 5.25. The highest BCUT2D eigenvalue weighted by Crippen LogP contribution is 2.44. The van der Waals surface area contributed by atoms with Crippen molar-refractivity contribution in [3.8, 4) is 0 Å². The lowest BCUT2D eigenvalue weighted by Gasteiger charge is -2.22. The van der Waals surface area contributed by atoms with Crippen LogP contribution in [0.25, 0.3) is 4.85 Å². The number of benzene rings is 1. The van der Waals surface area contributed by atoms with Gasteiger partial charge in [0, 0.05) is 24.7 Å². The summed E-state index contributed by atoms with van der Waals surface area (Å²) < 4.78 is 0. The number of carboxylic acids is 1. The molecule has 0 aliphatic heterocycles.